The van der Waals surface area contributed by atoms with Gasteiger partial charge in [0.25, 0.3) is 0 Å². The van der Waals surface area contributed by atoms with E-state index < -0.39 is 11.6 Å². The standard InChI is InChI=1S/C16H13F2N3/c1-9-5-3-7-11-14(9)20-16(21-15(11)19-2)10-6-4-8-12(17)13(10)18/h3-8H,1-2H3,(H,19,20,21). The number of aromatic nitrogens is 2. The number of fused-ring (bicyclic) bond motifs is 1. The Morgan fingerprint density at radius 2 is 1.76 bits per heavy atom. The van der Waals surface area contributed by atoms with E-state index in [1.165, 1.54) is 12.1 Å². The Bertz CT molecular complexity index is 831. The van der Waals surface area contributed by atoms with Crippen LogP contribution in [0.5, 0.6) is 0 Å². The summed E-state index contributed by atoms with van der Waals surface area (Å²) in [6, 6.07) is 9.70. The van der Waals surface area contributed by atoms with Crippen LogP contribution in [0.3, 0.4) is 0 Å². The maximum absolute atomic E-state index is 13.9. The van der Waals surface area contributed by atoms with E-state index in [9.17, 15) is 8.78 Å². The van der Waals surface area contributed by atoms with E-state index >= 15 is 0 Å². The molecule has 1 N–H and O–H groups in total. The molecule has 21 heavy (non-hydrogen) atoms. The van der Waals surface area contributed by atoms with Crippen molar-refractivity contribution in [3.63, 3.8) is 0 Å². The molecule has 5 heteroatoms. The van der Waals surface area contributed by atoms with Crippen LogP contribution >= 0.6 is 0 Å². The highest BCUT2D eigenvalue weighted by molar-refractivity contribution is 5.92. The molecule has 2 aromatic carbocycles. The van der Waals surface area contributed by atoms with E-state index in [2.05, 4.69) is 15.3 Å². The van der Waals surface area contributed by atoms with Gasteiger partial charge in [-0.05, 0) is 30.7 Å². The topological polar surface area (TPSA) is 37.8 Å². The third kappa shape index (κ3) is 2.20. The van der Waals surface area contributed by atoms with Gasteiger partial charge in [0.1, 0.15) is 5.82 Å². The molecule has 0 fully saturated rings. The predicted octanol–water partition coefficient (Wildman–Crippen LogP) is 3.93. The van der Waals surface area contributed by atoms with Gasteiger partial charge in [-0.15, -0.1) is 0 Å². The molecule has 3 aromatic rings. The number of benzene rings is 2. The first kappa shape index (κ1) is 13.4. The Morgan fingerprint density at radius 1 is 1.00 bits per heavy atom. The first-order valence-electron chi connectivity index (χ1n) is 6.51. The monoisotopic (exact) mass is 285 g/mol. The van der Waals surface area contributed by atoms with Crippen LogP contribution in [0.4, 0.5) is 14.6 Å². The number of halogens is 2. The lowest BCUT2D eigenvalue weighted by Crippen LogP contribution is -2.01. The number of para-hydroxylation sites is 1. The first-order chi connectivity index (χ1) is 10.1. The average Bonchev–Trinajstić information content (AvgIpc) is 2.49. The van der Waals surface area contributed by atoms with Gasteiger partial charge in [0.15, 0.2) is 17.5 Å². The number of hydrogen-bond acceptors (Lipinski definition) is 3. The lowest BCUT2D eigenvalue weighted by atomic mass is 10.1. The zero-order valence-corrected chi connectivity index (χ0v) is 11.6. The third-order valence-electron chi connectivity index (χ3n) is 3.36. The summed E-state index contributed by atoms with van der Waals surface area (Å²) in [6.07, 6.45) is 0. The van der Waals surface area contributed by atoms with Gasteiger partial charge in [0, 0.05) is 12.4 Å². The molecule has 3 nitrogen and oxygen atoms in total. The van der Waals surface area contributed by atoms with Gasteiger partial charge < -0.3 is 5.32 Å². The largest absolute Gasteiger partial charge is 0.373 e. The molecule has 0 amide bonds. The lowest BCUT2D eigenvalue weighted by molar-refractivity contribution is 0.510. The smallest absolute Gasteiger partial charge is 0.169 e. The first-order valence-corrected chi connectivity index (χ1v) is 6.51. The summed E-state index contributed by atoms with van der Waals surface area (Å²) in [5.74, 6) is -1.10. The van der Waals surface area contributed by atoms with E-state index in [0.717, 1.165) is 22.5 Å². The second kappa shape index (κ2) is 5.09. The molecule has 3 rings (SSSR count). The fourth-order valence-electron chi connectivity index (χ4n) is 2.28. The van der Waals surface area contributed by atoms with E-state index in [-0.39, 0.29) is 11.4 Å². The highest BCUT2D eigenvalue weighted by Gasteiger charge is 2.15. The van der Waals surface area contributed by atoms with Gasteiger partial charge in [0.05, 0.1) is 11.1 Å². The summed E-state index contributed by atoms with van der Waals surface area (Å²) in [5.41, 5.74) is 1.72. The zero-order chi connectivity index (χ0) is 15.0. The molecule has 0 saturated carbocycles. The van der Waals surface area contributed by atoms with Crippen LogP contribution in [0.2, 0.25) is 0 Å². The number of hydrogen-bond donors (Lipinski definition) is 1. The maximum Gasteiger partial charge on any atom is 0.169 e. The summed E-state index contributed by atoms with van der Waals surface area (Å²) < 4.78 is 27.3. The Balaban J connectivity index is 2.34. The predicted molar refractivity (Wildman–Crippen MR) is 79.2 cm³/mol. The summed E-state index contributed by atoms with van der Waals surface area (Å²) in [4.78, 5) is 8.70. The molecule has 0 aliphatic carbocycles. The quantitative estimate of drug-likeness (QED) is 0.775. The molecule has 1 heterocycles. The molecular weight excluding hydrogens is 272 g/mol. The molecule has 1 aromatic heterocycles. The summed E-state index contributed by atoms with van der Waals surface area (Å²) in [5, 5.41) is 3.82. The van der Waals surface area contributed by atoms with Crippen LogP contribution < -0.4 is 5.32 Å². The van der Waals surface area contributed by atoms with Crippen LogP contribution in [0.25, 0.3) is 22.3 Å². The Kier molecular flexibility index (Phi) is 3.25. The summed E-state index contributed by atoms with van der Waals surface area (Å²) in [7, 11) is 1.73. The molecule has 0 unspecified atom stereocenters. The maximum atomic E-state index is 13.9. The number of aryl methyl sites for hydroxylation is 1. The molecule has 0 aliphatic rings. The molecule has 0 atom stereocenters. The van der Waals surface area contributed by atoms with Crippen molar-refractivity contribution in [2.75, 3.05) is 12.4 Å². The van der Waals surface area contributed by atoms with Crippen molar-refractivity contribution in [2.45, 2.75) is 6.92 Å². The Labute approximate surface area is 120 Å². The van der Waals surface area contributed by atoms with Crippen LogP contribution in [-0.2, 0) is 0 Å². The second-order valence-corrected chi connectivity index (χ2v) is 4.72. The molecule has 0 bridgehead atoms. The van der Waals surface area contributed by atoms with Gasteiger partial charge in [-0.2, -0.15) is 0 Å². The molecular formula is C16H13F2N3. The second-order valence-electron chi connectivity index (χ2n) is 4.72. The Morgan fingerprint density at radius 3 is 2.52 bits per heavy atom. The van der Waals surface area contributed by atoms with Crippen molar-refractivity contribution in [3.05, 3.63) is 53.6 Å². The number of rotatable bonds is 2. The SMILES string of the molecule is CNc1nc(-c2cccc(F)c2F)nc2c(C)cccc12. The highest BCUT2D eigenvalue weighted by Crippen LogP contribution is 2.28. The summed E-state index contributed by atoms with van der Waals surface area (Å²) in [6.45, 7) is 1.92. The van der Waals surface area contributed by atoms with Crippen molar-refractivity contribution >= 4 is 16.7 Å². The fraction of sp³-hybridized carbons (Fsp3) is 0.125. The average molecular weight is 285 g/mol. The van der Waals surface area contributed by atoms with Gasteiger partial charge in [-0.3, -0.25) is 0 Å². The molecule has 0 radical (unpaired) electrons. The van der Waals surface area contributed by atoms with Gasteiger partial charge in [-0.1, -0.05) is 18.2 Å². The van der Waals surface area contributed by atoms with E-state index in [0.29, 0.717) is 5.82 Å². The van der Waals surface area contributed by atoms with Gasteiger partial charge in [-0.25, -0.2) is 18.7 Å². The van der Waals surface area contributed by atoms with Gasteiger partial charge >= 0.3 is 0 Å². The molecule has 0 saturated heterocycles. The minimum Gasteiger partial charge on any atom is -0.373 e. The highest BCUT2D eigenvalue weighted by atomic mass is 19.2. The molecule has 0 aliphatic heterocycles. The third-order valence-corrected chi connectivity index (χ3v) is 3.36. The number of nitrogens with zero attached hydrogens (tertiary/aromatic N) is 2. The van der Waals surface area contributed by atoms with Crippen molar-refractivity contribution in [2.24, 2.45) is 0 Å². The zero-order valence-electron chi connectivity index (χ0n) is 11.6. The minimum absolute atomic E-state index is 0.0525. The van der Waals surface area contributed by atoms with Crippen LogP contribution in [0.1, 0.15) is 5.56 Å². The normalized spacial score (nSPS) is 10.9. The lowest BCUT2D eigenvalue weighted by Gasteiger charge is -2.10. The van der Waals surface area contributed by atoms with Crippen molar-refractivity contribution in [1.82, 2.24) is 9.97 Å². The van der Waals surface area contributed by atoms with Crippen molar-refractivity contribution in [3.8, 4) is 11.4 Å². The van der Waals surface area contributed by atoms with Crippen LogP contribution in [0, 0.1) is 18.6 Å². The van der Waals surface area contributed by atoms with Gasteiger partial charge in [0.2, 0.25) is 0 Å². The number of anilines is 1. The van der Waals surface area contributed by atoms with Crippen LogP contribution in [-0.4, -0.2) is 17.0 Å². The molecule has 0 spiro atoms. The van der Waals surface area contributed by atoms with E-state index in [4.69, 9.17) is 0 Å². The van der Waals surface area contributed by atoms with E-state index in [1.54, 1.807) is 7.05 Å². The van der Waals surface area contributed by atoms with Crippen LogP contribution in [0.15, 0.2) is 36.4 Å². The minimum atomic E-state index is -0.938. The van der Waals surface area contributed by atoms with Crippen molar-refractivity contribution in [1.29, 1.82) is 0 Å². The Hall–Kier alpha value is -2.56. The summed E-state index contributed by atoms with van der Waals surface area (Å²) >= 11 is 0. The van der Waals surface area contributed by atoms with Crippen molar-refractivity contribution < 1.29 is 8.78 Å². The molecule has 106 valence electrons. The van der Waals surface area contributed by atoms with E-state index in [1.807, 2.05) is 25.1 Å². The number of nitrogens with one attached hydrogen (secondary N) is 1. The fourth-order valence-corrected chi connectivity index (χ4v) is 2.28.